The Kier molecular flexibility index (Phi) is 6.02. The summed E-state index contributed by atoms with van der Waals surface area (Å²) in [6.45, 7) is 3.30. The SMILES string of the molecule is Cc1ccc(NC(=O)[C@@H](C)OC(=O)Cc2cccc(C(F)(F)F)c2)cc1. The van der Waals surface area contributed by atoms with E-state index >= 15 is 0 Å². The van der Waals surface area contributed by atoms with Crippen molar-refractivity contribution >= 4 is 17.6 Å². The van der Waals surface area contributed by atoms with E-state index in [0.717, 1.165) is 17.7 Å². The van der Waals surface area contributed by atoms with E-state index in [9.17, 15) is 22.8 Å². The first-order valence-corrected chi connectivity index (χ1v) is 7.88. The van der Waals surface area contributed by atoms with Gasteiger partial charge in [0.2, 0.25) is 0 Å². The van der Waals surface area contributed by atoms with Gasteiger partial charge in [-0.2, -0.15) is 13.2 Å². The Labute approximate surface area is 149 Å². The molecular weight excluding hydrogens is 347 g/mol. The number of hydrogen-bond donors (Lipinski definition) is 1. The van der Waals surface area contributed by atoms with Crippen LogP contribution in [0.15, 0.2) is 48.5 Å². The van der Waals surface area contributed by atoms with Crippen LogP contribution >= 0.6 is 0 Å². The normalized spacial score (nSPS) is 12.3. The summed E-state index contributed by atoms with van der Waals surface area (Å²) >= 11 is 0. The number of halogens is 3. The van der Waals surface area contributed by atoms with Crippen LogP contribution in [0.2, 0.25) is 0 Å². The number of alkyl halides is 3. The highest BCUT2D eigenvalue weighted by Gasteiger charge is 2.30. The Morgan fingerprint density at radius 2 is 1.77 bits per heavy atom. The third kappa shape index (κ3) is 5.61. The molecule has 2 rings (SSSR count). The van der Waals surface area contributed by atoms with Gasteiger partial charge in [0, 0.05) is 5.69 Å². The van der Waals surface area contributed by atoms with E-state index in [2.05, 4.69) is 5.32 Å². The summed E-state index contributed by atoms with van der Waals surface area (Å²) in [5.74, 6) is -1.30. The molecule has 1 atom stereocenters. The van der Waals surface area contributed by atoms with E-state index in [0.29, 0.717) is 5.69 Å². The highest BCUT2D eigenvalue weighted by Crippen LogP contribution is 2.29. The lowest BCUT2D eigenvalue weighted by molar-refractivity contribution is -0.152. The van der Waals surface area contributed by atoms with Crippen molar-refractivity contribution in [1.29, 1.82) is 0 Å². The third-order valence-corrected chi connectivity index (χ3v) is 3.60. The lowest BCUT2D eigenvalue weighted by Gasteiger charge is -2.14. The number of benzene rings is 2. The average Bonchev–Trinajstić information content (AvgIpc) is 2.56. The molecule has 1 amide bonds. The second kappa shape index (κ2) is 8.03. The van der Waals surface area contributed by atoms with Gasteiger partial charge < -0.3 is 10.1 Å². The average molecular weight is 365 g/mol. The van der Waals surface area contributed by atoms with Crippen LogP contribution < -0.4 is 5.32 Å². The zero-order valence-electron chi connectivity index (χ0n) is 14.3. The Morgan fingerprint density at radius 3 is 2.38 bits per heavy atom. The van der Waals surface area contributed by atoms with Crippen molar-refractivity contribution in [3.05, 3.63) is 65.2 Å². The minimum absolute atomic E-state index is 0.163. The highest BCUT2D eigenvalue weighted by atomic mass is 19.4. The molecule has 0 spiro atoms. The van der Waals surface area contributed by atoms with E-state index in [1.54, 1.807) is 12.1 Å². The molecule has 0 bridgehead atoms. The van der Waals surface area contributed by atoms with Crippen LogP contribution in [0.5, 0.6) is 0 Å². The molecule has 0 aliphatic heterocycles. The summed E-state index contributed by atoms with van der Waals surface area (Å²) in [7, 11) is 0. The number of amides is 1. The fraction of sp³-hybridized carbons (Fsp3) is 0.263. The van der Waals surface area contributed by atoms with Crippen LogP contribution in [-0.2, 0) is 26.9 Å². The highest BCUT2D eigenvalue weighted by molar-refractivity contribution is 5.95. The third-order valence-electron chi connectivity index (χ3n) is 3.60. The fourth-order valence-electron chi connectivity index (χ4n) is 2.20. The molecule has 2 aromatic rings. The molecular formula is C19H18F3NO3. The number of nitrogens with one attached hydrogen (secondary N) is 1. The smallest absolute Gasteiger partial charge is 0.416 e. The van der Waals surface area contributed by atoms with Crippen molar-refractivity contribution < 1.29 is 27.5 Å². The Balaban J connectivity index is 1.92. The van der Waals surface area contributed by atoms with Gasteiger partial charge in [-0.3, -0.25) is 9.59 Å². The van der Waals surface area contributed by atoms with Gasteiger partial charge in [0.25, 0.3) is 5.91 Å². The quantitative estimate of drug-likeness (QED) is 0.811. The summed E-state index contributed by atoms with van der Waals surface area (Å²) in [5, 5.41) is 2.60. The van der Waals surface area contributed by atoms with Gasteiger partial charge >= 0.3 is 12.1 Å². The Morgan fingerprint density at radius 1 is 1.12 bits per heavy atom. The van der Waals surface area contributed by atoms with Gasteiger partial charge in [0.1, 0.15) is 0 Å². The molecule has 0 aliphatic carbocycles. The van der Waals surface area contributed by atoms with Crippen molar-refractivity contribution in [2.45, 2.75) is 32.5 Å². The number of carbonyl (C=O) groups excluding carboxylic acids is 2. The number of anilines is 1. The molecule has 138 valence electrons. The zero-order chi connectivity index (χ0) is 19.3. The molecule has 0 unspecified atom stereocenters. The Hall–Kier alpha value is -2.83. The molecule has 26 heavy (non-hydrogen) atoms. The van der Waals surface area contributed by atoms with Gasteiger partial charge in [0.05, 0.1) is 12.0 Å². The molecule has 0 aromatic heterocycles. The molecule has 7 heteroatoms. The van der Waals surface area contributed by atoms with Gasteiger partial charge in [0.15, 0.2) is 6.10 Å². The number of aryl methyl sites for hydroxylation is 1. The van der Waals surface area contributed by atoms with Gasteiger partial charge in [-0.1, -0.05) is 35.9 Å². The first kappa shape index (κ1) is 19.5. The first-order valence-electron chi connectivity index (χ1n) is 7.88. The predicted octanol–water partition coefficient (Wildman–Crippen LogP) is 4.13. The van der Waals surface area contributed by atoms with E-state index in [1.807, 2.05) is 19.1 Å². The van der Waals surface area contributed by atoms with E-state index in [1.165, 1.54) is 19.1 Å². The maximum atomic E-state index is 12.7. The van der Waals surface area contributed by atoms with Crippen LogP contribution in [0.1, 0.15) is 23.6 Å². The van der Waals surface area contributed by atoms with E-state index in [4.69, 9.17) is 4.74 Å². The molecule has 4 nitrogen and oxygen atoms in total. The van der Waals surface area contributed by atoms with Gasteiger partial charge in [-0.25, -0.2) is 0 Å². The van der Waals surface area contributed by atoms with Crippen LogP contribution in [0.4, 0.5) is 18.9 Å². The molecule has 0 saturated carbocycles. The van der Waals surface area contributed by atoms with Crippen molar-refractivity contribution in [3.8, 4) is 0 Å². The number of rotatable bonds is 5. The summed E-state index contributed by atoms with van der Waals surface area (Å²) in [6.07, 6.45) is -5.91. The monoisotopic (exact) mass is 365 g/mol. The minimum Gasteiger partial charge on any atom is -0.452 e. The standard InChI is InChI=1S/C19H18F3NO3/c1-12-6-8-16(9-7-12)23-18(25)13(2)26-17(24)11-14-4-3-5-15(10-14)19(20,21)22/h3-10,13H,11H2,1-2H3,(H,23,25)/t13-/m1/s1. The summed E-state index contributed by atoms with van der Waals surface area (Å²) < 4.78 is 43.1. The molecule has 2 aromatic carbocycles. The van der Waals surface area contributed by atoms with Crippen LogP contribution in [0, 0.1) is 6.92 Å². The first-order chi connectivity index (χ1) is 12.1. The van der Waals surface area contributed by atoms with Gasteiger partial charge in [-0.05, 0) is 37.6 Å². The lowest BCUT2D eigenvalue weighted by Crippen LogP contribution is -2.30. The second-order valence-corrected chi connectivity index (χ2v) is 5.86. The zero-order valence-corrected chi connectivity index (χ0v) is 14.3. The minimum atomic E-state index is -4.48. The maximum Gasteiger partial charge on any atom is 0.416 e. The second-order valence-electron chi connectivity index (χ2n) is 5.86. The number of esters is 1. The summed E-state index contributed by atoms with van der Waals surface area (Å²) in [4.78, 5) is 23.9. The van der Waals surface area contributed by atoms with Crippen LogP contribution in [-0.4, -0.2) is 18.0 Å². The van der Waals surface area contributed by atoms with Crippen LogP contribution in [0.3, 0.4) is 0 Å². The summed E-state index contributed by atoms with van der Waals surface area (Å²) in [5.41, 5.74) is 0.911. The predicted molar refractivity (Wildman–Crippen MR) is 90.5 cm³/mol. The van der Waals surface area contributed by atoms with E-state index < -0.39 is 29.7 Å². The largest absolute Gasteiger partial charge is 0.452 e. The molecule has 1 N–H and O–H groups in total. The number of ether oxygens (including phenoxy) is 1. The molecule has 0 aliphatic rings. The van der Waals surface area contributed by atoms with Crippen molar-refractivity contribution in [2.75, 3.05) is 5.32 Å². The van der Waals surface area contributed by atoms with E-state index in [-0.39, 0.29) is 12.0 Å². The lowest BCUT2D eigenvalue weighted by atomic mass is 10.1. The van der Waals surface area contributed by atoms with Crippen molar-refractivity contribution in [1.82, 2.24) is 0 Å². The molecule has 0 radical (unpaired) electrons. The maximum absolute atomic E-state index is 12.7. The van der Waals surface area contributed by atoms with Gasteiger partial charge in [-0.15, -0.1) is 0 Å². The molecule has 0 heterocycles. The molecule has 0 saturated heterocycles. The number of carbonyl (C=O) groups is 2. The Bertz CT molecular complexity index is 785. The number of hydrogen-bond acceptors (Lipinski definition) is 3. The van der Waals surface area contributed by atoms with Crippen LogP contribution in [0.25, 0.3) is 0 Å². The van der Waals surface area contributed by atoms with Crippen molar-refractivity contribution in [3.63, 3.8) is 0 Å². The topological polar surface area (TPSA) is 55.4 Å². The molecule has 0 fully saturated rings. The summed E-state index contributed by atoms with van der Waals surface area (Å²) in [6, 6.07) is 11.5. The van der Waals surface area contributed by atoms with Crippen molar-refractivity contribution in [2.24, 2.45) is 0 Å². The fourth-order valence-corrected chi connectivity index (χ4v) is 2.20.